The third-order valence-electron chi connectivity index (χ3n) is 3.70. The molecular formula is C16H24N2O2. The van der Waals surface area contributed by atoms with Gasteiger partial charge in [0.25, 0.3) is 5.91 Å². The van der Waals surface area contributed by atoms with Crippen LogP contribution in [0.15, 0.2) is 24.3 Å². The first-order valence-corrected chi connectivity index (χ1v) is 7.37. The lowest BCUT2D eigenvalue weighted by molar-refractivity contribution is -0.128. The summed E-state index contributed by atoms with van der Waals surface area (Å²) in [7, 11) is 0. The molecule has 0 radical (unpaired) electrons. The number of nitrogens with two attached hydrogens (primary N) is 1. The van der Waals surface area contributed by atoms with Crippen LogP contribution in [-0.4, -0.2) is 24.6 Å². The molecule has 4 heteroatoms. The average molecular weight is 276 g/mol. The van der Waals surface area contributed by atoms with E-state index in [1.54, 1.807) is 0 Å². The van der Waals surface area contributed by atoms with E-state index in [1.807, 2.05) is 38.1 Å². The highest BCUT2D eigenvalue weighted by Crippen LogP contribution is 2.32. The normalized spacial score (nSPS) is 17.4. The fraction of sp³-hybridized carbons (Fsp3) is 0.562. The number of hydrogen-bond acceptors (Lipinski definition) is 3. The molecule has 1 saturated carbocycles. The van der Waals surface area contributed by atoms with Crippen LogP contribution < -0.4 is 15.8 Å². The van der Waals surface area contributed by atoms with Gasteiger partial charge in [0, 0.05) is 12.6 Å². The first kappa shape index (κ1) is 14.9. The molecule has 1 aliphatic carbocycles. The van der Waals surface area contributed by atoms with Gasteiger partial charge < -0.3 is 15.8 Å². The molecule has 1 amide bonds. The number of aryl methyl sites for hydroxylation is 1. The van der Waals surface area contributed by atoms with Crippen LogP contribution >= 0.6 is 0 Å². The lowest BCUT2D eigenvalue weighted by Gasteiger charge is -2.22. The molecule has 1 fully saturated rings. The minimum Gasteiger partial charge on any atom is -0.481 e. The van der Waals surface area contributed by atoms with Gasteiger partial charge >= 0.3 is 0 Å². The molecule has 0 bridgehead atoms. The van der Waals surface area contributed by atoms with Crippen molar-refractivity contribution in [3.63, 3.8) is 0 Å². The number of carbonyl (C=O) groups excluding carboxylic acids is 1. The Morgan fingerprint density at radius 1 is 1.50 bits per heavy atom. The summed E-state index contributed by atoms with van der Waals surface area (Å²) in [5.74, 6) is 1.24. The monoisotopic (exact) mass is 276 g/mol. The summed E-state index contributed by atoms with van der Waals surface area (Å²) >= 11 is 0. The second kappa shape index (κ2) is 6.75. The molecule has 2 unspecified atom stereocenters. The van der Waals surface area contributed by atoms with Crippen molar-refractivity contribution < 1.29 is 9.53 Å². The molecule has 1 aromatic rings. The number of benzene rings is 1. The van der Waals surface area contributed by atoms with Crippen LogP contribution in [-0.2, 0) is 4.79 Å². The Hall–Kier alpha value is -1.55. The van der Waals surface area contributed by atoms with Gasteiger partial charge in [0.15, 0.2) is 6.10 Å². The predicted octanol–water partition coefficient (Wildman–Crippen LogP) is 2.01. The maximum absolute atomic E-state index is 12.3. The van der Waals surface area contributed by atoms with Crippen molar-refractivity contribution in [3.05, 3.63) is 29.8 Å². The Balaban J connectivity index is 1.94. The number of hydrogen-bond donors (Lipinski definition) is 2. The fourth-order valence-electron chi connectivity index (χ4n) is 2.32. The predicted molar refractivity (Wildman–Crippen MR) is 79.6 cm³/mol. The van der Waals surface area contributed by atoms with E-state index in [9.17, 15) is 4.79 Å². The summed E-state index contributed by atoms with van der Waals surface area (Å²) in [6.45, 7) is 4.46. The minimum absolute atomic E-state index is 0.0589. The summed E-state index contributed by atoms with van der Waals surface area (Å²) in [6.07, 6.45) is 2.52. The zero-order valence-corrected chi connectivity index (χ0v) is 12.3. The maximum atomic E-state index is 12.3. The molecule has 0 spiro atoms. The van der Waals surface area contributed by atoms with Crippen molar-refractivity contribution in [2.24, 2.45) is 11.7 Å². The Bertz CT molecular complexity index is 458. The Labute approximate surface area is 120 Å². The highest BCUT2D eigenvalue weighted by molar-refractivity contribution is 5.81. The van der Waals surface area contributed by atoms with Crippen LogP contribution in [0.1, 0.15) is 31.7 Å². The van der Waals surface area contributed by atoms with E-state index in [4.69, 9.17) is 10.5 Å². The molecule has 1 aromatic carbocycles. The van der Waals surface area contributed by atoms with Gasteiger partial charge in [0.05, 0.1) is 0 Å². The number of rotatable bonds is 7. The van der Waals surface area contributed by atoms with Crippen molar-refractivity contribution in [1.82, 2.24) is 5.32 Å². The summed E-state index contributed by atoms with van der Waals surface area (Å²) in [4.78, 5) is 12.3. The van der Waals surface area contributed by atoms with Crippen molar-refractivity contribution in [2.75, 3.05) is 6.54 Å². The largest absolute Gasteiger partial charge is 0.481 e. The molecule has 0 saturated heterocycles. The van der Waals surface area contributed by atoms with Crippen LogP contribution in [0.25, 0.3) is 0 Å². The van der Waals surface area contributed by atoms with Gasteiger partial charge in [-0.3, -0.25) is 4.79 Å². The van der Waals surface area contributed by atoms with Crippen LogP contribution in [0.3, 0.4) is 0 Å². The van der Waals surface area contributed by atoms with Gasteiger partial charge in [0.1, 0.15) is 5.75 Å². The molecule has 0 aliphatic heterocycles. The molecule has 2 atom stereocenters. The van der Waals surface area contributed by atoms with E-state index in [-0.39, 0.29) is 11.9 Å². The van der Waals surface area contributed by atoms with Crippen LogP contribution in [0.5, 0.6) is 5.75 Å². The standard InChI is InChI=1S/C16H24N2O2/c1-3-15(20-13-6-4-5-11(2)9-13)16(19)18-14(10-17)12-7-8-12/h4-6,9,12,14-15H,3,7-8,10,17H2,1-2H3,(H,18,19). The highest BCUT2D eigenvalue weighted by atomic mass is 16.5. The van der Waals surface area contributed by atoms with Gasteiger partial charge in [-0.25, -0.2) is 0 Å². The van der Waals surface area contributed by atoms with E-state index in [1.165, 1.54) is 0 Å². The van der Waals surface area contributed by atoms with Gasteiger partial charge in [-0.2, -0.15) is 0 Å². The SMILES string of the molecule is CCC(Oc1cccc(C)c1)C(=O)NC(CN)C1CC1. The van der Waals surface area contributed by atoms with E-state index >= 15 is 0 Å². The van der Waals surface area contributed by atoms with Gasteiger partial charge in [-0.05, 0) is 49.8 Å². The first-order chi connectivity index (χ1) is 9.63. The second-order valence-corrected chi connectivity index (χ2v) is 5.52. The number of ether oxygens (including phenoxy) is 1. The van der Waals surface area contributed by atoms with E-state index in [0.717, 1.165) is 24.2 Å². The summed E-state index contributed by atoms with van der Waals surface area (Å²) in [5.41, 5.74) is 6.84. The maximum Gasteiger partial charge on any atom is 0.261 e. The molecule has 1 aliphatic rings. The molecule has 110 valence electrons. The first-order valence-electron chi connectivity index (χ1n) is 7.37. The number of carbonyl (C=O) groups is 1. The minimum atomic E-state index is -0.454. The molecule has 0 heterocycles. The van der Waals surface area contributed by atoms with Crippen LogP contribution in [0.4, 0.5) is 0 Å². The van der Waals surface area contributed by atoms with Crippen molar-refractivity contribution in [2.45, 2.75) is 45.3 Å². The summed E-state index contributed by atoms with van der Waals surface area (Å²) in [6, 6.07) is 7.85. The Kier molecular flexibility index (Phi) is 5.01. The zero-order valence-electron chi connectivity index (χ0n) is 12.3. The average Bonchev–Trinajstić information content (AvgIpc) is 3.26. The number of amides is 1. The van der Waals surface area contributed by atoms with E-state index in [2.05, 4.69) is 5.32 Å². The molecular weight excluding hydrogens is 252 g/mol. The summed E-state index contributed by atoms with van der Waals surface area (Å²) in [5, 5.41) is 3.03. The third kappa shape index (κ3) is 3.97. The second-order valence-electron chi connectivity index (χ2n) is 5.52. The van der Waals surface area contributed by atoms with Crippen molar-refractivity contribution in [1.29, 1.82) is 0 Å². The zero-order chi connectivity index (χ0) is 14.5. The number of nitrogens with one attached hydrogen (secondary N) is 1. The van der Waals surface area contributed by atoms with E-state index < -0.39 is 6.10 Å². The Morgan fingerprint density at radius 2 is 2.25 bits per heavy atom. The quantitative estimate of drug-likeness (QED) is 0.800. The van der Waals surface area contributed by atoms with Crippen molar-refractivity contribution in [3.8, 4) is 5.75 Å². The summed E-state index contributed by atoms with van der Waals surface area (Å²) < 4.78 is 5.80. The van der Waals surface area contributed by atoms with Gasteiger partial charge in [-0.1, -0.05) is 19.1 Å². The smallest absolute Gasteiger partial charge is 0.261 e. The molecule has 0 aromatic heterocycles. The molecule has 20 heavy (non-hydrogen) atoms. The Morgan fingerprint density at radius 3 is 2.80 bits per heavy atom. The fourth-order valence-corrected chi connectivity index (χ4v) is 2.32. The molecule has 2 rings (SSSR count). The molecule has 3 N–H and O–H groups in total. The third-order valence-corrected chi connectivity index (χ3v) is 3.70. The van der Waals surface area contributed by atoms with Gasteiger partial charge in [0.2, 0.25) is 0 Å². The highest BCUT2D eigenvalue weighted by Gasteiger charge is 2.32. The molecule has 4 nitrogen and oxygen atoms in total. The van der Waals surface area contributed by atoms with Crippen LogP contribution in [0.2, 0.25) is 0 Å². The van der Waals surface area contributed by atoms with Gasteiger partial charge in [-0.15, -0.1) is 0 Å². The van der Waals surface area contributed by atoms with E-state index in [0.29, 0.717) is 18.9 Å². The lowest BCUT2D eigenvalue weighted by Crippen LogP contribution is -2.47. The van der Waals surface area contributed by atoms with Crippen molar-refractivity contribution >= 4 is 5.91 Å². The lowest BCUT2D eigenvalue weighted by atomic mass is 10.1. The van der Waals surface area contributed by atoms with Crippen LogP contribution in [0, 0.1) is 12.8 Å². The topological polar surface area (TPSA) is 64.3 Å².